The molecule has 37 heavy (non-hydrogen) atoms. The molecular weight excluding hydrogens is 464 g/mol. The summed E-state index contributed by atoms with van der Waals surface area (Å²) in [5, 5.41) is 1.04. The predicted octanol–water partition coefficient (Wildman–Crippen LogP) is 7.34. The first kappa shape index (κ1) is 26.1. The molecule has 5 rings (SSSR count). The number of cyclic esters (lactones) is 1. The van der Waals surface area contributed by atoms with Crippen LogP contribution < -0.4 is 0 Å². The first-order valence-corrected chi connectivity index (χ1v) is 14.0. The maximum Gasteiger partial charge on any atom is 0.334 e. The zero-order valence-corrected chi connectivity index (χ0v) is 23.1. The first-order valence-electron chi connectivity index (χ1n) is 14.0. The van der Waals surface area contributed by atoms with Gasteiger partial charge in [-0.15, -0.1) is 0 Å². The molecule has 0 amide bonds. The van der Waals surface area contributed by atoms with E-state index in [0.29, 0.717) is 12.8 Å². The Bertz CT molecular complexity index is 1180. The average molecular weight is 507 g/mol. The summed E-state index contributed by atoms with van der Waals surface area (Å²) >= 11 is 0. The number of hydrogen-bond donors (Lipinski definition) is 0. The zero-order valence-electron chi connectivity index (χ0n) is 23.1. The molecule has 5 nitrogen and oxygen atoms in total. The van der Waals surface area contributed by atoms with Crippen LogP contribution in [0, 0.1) is 35.5 Å². The molecule has 3 fully saturated rings. The number of rotatable bonds is 7. The van der Waals surface area contributed by atoms with Crippen molar-refractivity contribution in [2.24, 2.45) is 28.6 Å². The largest absolute Gasteiger partial charge is 0.461 e. The van der Waals surface area contributed by atoms with Gasteiger partial charge in [0, 0.05) is 23.8 Å². The number of ether oxygens (including phenoxy) is 2. The van der Waals surface area contributed by atoms with Crippen LogP contribution in [0.25, 0.3) is 11.0 Å². The number of fused-ring (bicyclic) bond motifs is 3. The lowest BCUT2D eigenvalue weighted by molar-refractivity contribution is -0.160. The summed E-state index contributed by atoms with van der Waals surface area (Å²) in [6.07, 6.45) is 10.2. The molecule has 1 aliphatic heterocycles. The van der Waals surface area contributed by atoms with Crippen molar-refractivity contribution < 1.29 is 23.5 Å². The lowest BCUT2D eigenvalue weighted by atomic mass is 9.58. The van der Waals surface area contributed by atoms with Crippen LogP contribution in [0.5, 0.6) is 0 Å². The summed E-state index contributed by atoms with van der Waals surface area (Å²) < 4.78 is 17.2. The van der Waals surface area contributed by atoms with E-state index in [2.05, 4.69) is 26.0 Å². The molecule has 1 aromatic heterocycles. The SMILES string of the molecule is Cc1ccc2oc(CC(C)(C)C(=O)OCC3C/C(=C\CC4(C)CC5CC(C)CC(C5)C4)C(=O)O3)cc2c1. The van der Waals surface area contributed by atoms with Crippen LogP contribution >= 0.6 is 0 Å². The van der Waals surface area contributed by atoms with Crippen LogP contribution in [0.1, 0.15) is 84.0 Å². The molecule has 5 heteroatoms. The Balaban J connectivity index is 1.13. The van der Waals surface area contributed by atoms with Crippen LogP contribution in [0.3, 0.4) is 0 Å². The molecule has 200 valence electrons. The number of hydrogen-bond acceptors (Lipinski definition) is 5. The van der Waals surface area contributed by atoms with Gasteiger partial charge in [-0.3, -0.25) is 4.79 Å². The summed E-state index contributed by atoms with van der Waals surface area (Å²) in [6, 6.07) is 8.04. The number of esters is 2. The third-order valence-electron chi connectivity index (χ3n) is 8.82. The van der Waals surface area contributed by atoms with Gasteiger partial charge in [0.15, 0.2) is 0 Å². The van der Waals surface area contributed by atoms with Crippen molar-refractivity contribution in [3.05, 3.63) is 47.2 Å². The topological polar surface area (TPSA) is 65.7 Å². The maximum absolute atomic E-state index is 12.9. The molecule has 2 aromatic rings. The van der Waals surface area contributed by atoms with E-state index < -0.39 is 11.5 Å². The summed E-state index contributed by atoms with van der Waals surface area (Å²) in [5.41, 5.74) is 2.24. The summed E-state index contributed by atoms with van der Waals surface area (Å²) in [4.78, 5) is 25.5. The monoisotopic (exact) mass is 506 g/mol. The van der Waals surface area contributed by atoms with Gasteiger partial charge in [0.2, 0.25) is 0 Å². The van der Waals surface area contributed by atoms with Crippen LogP contribution in [0.15, 0.2) is 40.3 Å². The minimum atomic E-state index is -0.755. The fourth-order valence-electron chi connectivity index (χ4n) is 7.28. The van der Waals surface area contributed by atoms with E-state index in [4.69, 9.17) is 13.9 Å². The van der Waals surface area contributed by atoms with Crippen LogP contribution in [0.4, 0.5) is 0 Å². The minimum absolute atomic E-state index is 0.0873. The molecule has 1 saturated heterocycles. The third kappa shape index (κ3) is 5.97. The number of carbonyl (C=O) groups excluding carboxylic acids is 2. The Morgan fingerprint density at radius 3 is 2.62 bits per heavy atom. The molecule has 2 bridgehead atoms. The second kappa shape index (κ2) is 9.96. The fraction of sp³-hybridized carbons (Fsp3) is 0.625. The lowest BCUT2D eigenvalue weighted by Crippen LogP contribution is -2.35. The van der Waals surface area contributed by atoms with Gasteiger partial charge >= 0.3 is 11.9 Å². The molecule has 2 aliphatic carbocycles. The molecule has 3 atom stereocenters. The summed E-state index contributed by atoms with van der Waals surface area (Å²) in [6.45, 7) is 10.6. The molecule has 1 aromatic carbocycles. The van der Waals surface area contributed by atoms with Crippen LogP contribution in [-0.2, 0) is 25.5 Å². The number of allylic oxidation sites excluding steroid dienone is 1. The van der Waals surface area contributed by atoms with E-state index in [-0.39, 0.29) is 24.0 Å². The highest BCUT2D eigenvalue weighted by Gasteiger charge is 2.41. The highest BCUT2D eigenvalue weighted by atomic mass is 16.6. The van der Waals surface area contributed by atoms with Crippen molar-refractivity contribution in [1.29, 1.82) is 0 Å². The van der Waals surface area contributed by atoms with Gasteiger partial charge in [-0.05, 0) is 101 Å². The highest BCUT2D eigenvalue weighted by molar-refractivity contribution is 5.90. The van der Waals surface area contributed by atoms with Crippen molar-refractivity contribution in [3.63, 3.8) is 0 Å². The van der Waals surface area contributed by atoms with E-state index in [1.54, 1.807) is 0 Å². The van der Waals surface area contributed by atoms with Gasteiger partial charge in [0.25, 0.3) is 0 Å². The zero-order chi connectivity index (χ0) is 26.4. The Labute approximate surface area is 221 Å². The van der Waals surface area contributed by atoms with E-state index in [9.17, 15) is 9.59 Å². The van der Waals surface area contributed by atoms with E-state index >= 15 is 0 Å². The Morgan fingerprint density at radius 2 is 1.89 bits per heavy atom. The van der Waals surface area contributed by atoms with Crippen molar-refractivity contribution in [1.82, 2.24) is 0 Å². The van der Waals surface area contributed by atoms with Gasteiger partial charge in [-0.1, -0.05) is 31.6 Å². The smallest absolute Gasteiger partial charge is 0.334 e. The second-order valence-electron chi connectivity index (χ2n) is 13.3. The van der Waals surface area contributed by atoms with E-state index in [1.807, 2.05) is 39.0 Å². The van der Waals surface area contributed by atoms with Crippen molar-refractivity contribution in [3.8, 4) is 0 Å². The van der Waals surface area contributed by atoms with Crippen molar-refractivity contribution in [2.45, 2.75) is 92.1 Å². The summed E-state index contributed by atoms with van der Waals surface area (Å²) in [5.74, 6) is 2.71. The number of furan rings is 1. The Kier molecular flexibility index (Phi) is 7.02. The van der Waals surface area contributed by atoms with Crippen LogP contribution in [-0.4, -0.2) is 24.6 Å². The van der Waals surface area contributed by atoms with E-state index in [1.165, 1.54) is 37.7 Å². The molecule has 0 radical (unpaired) electrons. The van der Waals surface area contributed by atoms with Crippen molar-refractivity contribution >= 4 is 22.9 Å². The van der Waals surface area contributed by atoms with Gasteiger partial charge in [0.1, 0.15) is 24.1 Å². The lowest BCUT2D eigenvalue weighted by Gasteiger charge is -2.47. The maximum atomic E-state index is 12.9. The Morgan fingerprint density at radius 1 is 1.16 bits per heavy atom. The number of benzene rings is 1. The quantitative estimate of drug-likeness (QED) is 0.290. The van der Waals surface area contributed by atoms with Crippen molar-refractivity contribution in [2.75, 3.05) is 6.61 Å². The molecule has 2 heterocycles. The third-order valence-corrected chi connectivity index (χ3v) is 8.82. The molecular formula is C32H42O5. The van der Waals surface area contributed by atoms with Crippen LogP contribution in [0.2, 0.25) is 0 Å². The standard InChI is InChI=1S/C32H42O5/c1-20-6-7-28-25(12-20)15-26(36-28)18-31(3,4)30(34)35-19-27-14-24(29(33)37-27)8-9-32(5)16-22-10-21(2)11-23(13-22)17-32/h6-8,12,15,21-23,27H,9-11,13-14,16-19H2,1-5H3/b24-8+. The Hall–Kier alpha value is -2.56. The minimum Gasteiger partial charge on any atom is -0.461 e. The number of aryl methyl sites for hydroxylation is 1. The molecule has 3 unspecified atom stereocenters. The molecule has 0 N–H and O–H groups in total. The molecule has 3 aliphatic rings. The van der Waals surface area contributed by atoms with Gasteiger partial charge in [0.05, 0.1) is 5.41 Å². The normalized spacial score (nSPS) is 31.1. The highest BCUT2D eigenvalue weighted by Crippen LogP contribution is 2.52. The van der Waals surface area contributed by atoms with Gasteiger partial charge in [-0.25, -0.2) is 4.79 Å². The van der Waals surface area contributed by atoms with Gasteiger partial charge < -0.3 is 13.9 Å². The molecule has 0 spiro atoms. The second-order valence-corrected chi connectivity index (χ2v) is 13.3. The summed E-state index contributed by atoms with van der Waals surface area (Å²) in [7, 11) is 0. The molecule has 2 saturated carbocycles. The predicted molar refractivity (Wildman–Crippen MR) is 144 cm³/mol. The average Bonchev–Trinajstić information content (AvgIpc) is 3.36. The fourth-order valence-corrected chi connectivity index (χ4v) is 7.28. The first-order chi connectivity index (χ1) is 17.5. The van der Waals surface area contributed by atoms with E-state index in [0.717, 1.165) is 46.5 Å². The number of carbonyl (C=O) groups is 2. The van der Waals surface area contributed by atoms with Gasteiger partial charge in [-0.2, -0.15) is 0 Å².